The maximum Gasteiger partial charge on any atom is 0.408 e. The first-order chi connectivity index (χ1) is 12.5. The summed E-state index contributed by atoms with van der Waals surface area (Å²) in [5.74, 6) is -0.350. The van der Waals surface area contributed by atoms with Gasteiger partial charge >= 0.3 is 12.1 Å². The maximum atomic E-state index is 12.0. The molecule has 7 heteroatoms. The zero-order chi connectivity index (χ0) is 20.2. The van der Waals surface area contributed by atoms with E-state index in [9.17, 15) is 9.59 Å². The fourth-order valence-corrected chi connectivity index (χ4v) is 2.63. The van der Waals surface area contributed by atoms with Gasteiger partial charge in [0.05, 0.1) is 29.5 Å². The van der Waals surface area contributed by atoms with Crippen LogP contribution < -0.4 is 5.32 Å². The predicted octanol–water partition coefficient (Wildman–Crippen LogP) is 3.91. The Morgan fingerprint density at radius 2 is 1.89 bits per heavy atom. The molecule has 148 valence electrons. The molecule has 1 aromatic heterocycles. The summed E-state index contributed by atoms with van der Waals surface area (Å²) in [6.45, 7) is 12.2. The molecular weight excluding hydrogens is 346 g/mol. The van der Waals surface area contributed by atoms with Crippen LogP contribution in [0, 0.1) is 0 Å². The summed E-state index contributed by atoms with van der Waals surface area (Å²) in [6, 6.07) is 5.33. The first kappa shape index (κ1) is 20.7. The Bertz CT molecular complexity index is 818. The second kappa shape index (κ2) is 7.98. The smallest absolute Gasteiger partial charge is 0.408 e. The van der Waals surface area contributed by atoms with Crippen molar-refractivity contribution in [1.29, 1.82) is 0 Å². The number of ether oxygens (including phenoxy) is 2. The molecule has 27 heavy (non-hydrogen) atoms. The van der Waals surface area contributed by atoms with Crippen molar-refractivity contribution in [1.82, 2.24) is 14.9 Å². The number of benzene rings is 1. The normalized spacial score (nSPS) is 12.1. The summed E-state index contributed by atoms with van der Waals surface area (Å²) in [5.41, 5.74) is 1.18. The number of esters is 1. The molecule has 0 unspecified atom stereocenters. The SMILES string of the molecule is CCOC(=O)c1ccc2c(c1)ncn2CCC(C)(C)NC(=O)OC(C)(C)C. The monoisotopic (exact) mass is 375 g/mol. The Hall–Kier alpha value is -2.57. The number of fused-ring (bicyclic) bond motifs is 1. The van der Waals surface area contributed by atoms with E-state index in [4.69, 9.17) is 9.47 Å². The lowest BCUT2D eigenvalue weighted by molar-refractivity contribution is 0.0464. The van der Waals surface area contributed by atoms with Crippen LogP contribution in [0.1, 0.15) is 58.3 Å². The zero-order valence-electron chi connectivity index (χ0n) is 17.0. The molecule has 2 rings (SSSR count). The van der Waals surface area contributed by atoms with Gasteiger partial charge in [0, 0.05) is 12.1 Å². The van der Waals surface area contributed by atoms with Gasteiger partial charge in [-0.1, -0.05) is 0 Å². The fourth-order valence-electron chi connectivity index (χ4n) is 2.63. The van der Waals surface area contributed by atoms with Gasteiger partial charge in [0.1, 0.15) is 5.60 Å². The highest BCUT2D eigenvalue weighted by molar-refractivity contribution is 5.93. The lowest BCUT2D eigenvalue weighted by Crippen LogP contribution is -2.46. The fraction of sp³-hybridized carbons (Fsp3) is 0.550. The lowest BCUT2D eigenvalue weighted by Gasteiger charge is -2.28. The summed E-state index contributed by atoms with van der Waals surface area (Å²) in [7, 11) is 0. The largest absolute Gasteiger partial charge is 0.462 e. The second-order valence-electron chi connectivity index (χ2n) is 8.12. The first-order valence-corrected chi connectivity index (χ1v) is 9.14. The minimum Gasteiger partial charge on any atom is -0.462 e. The highest BCUT2D eigenvalue weighted by atomic mass is 16.6. The molecule has 7 nitrogen and oxygen atoms in total. The van der Waals surface area contributed by atoms with Crippen LogP contribution in [0.2, 0.25) is 0 Å². The molecule has 0 aliphatic carbocycles. The number of nitrogens with one attached hydrogen (secondary N) is 1. The number of alkyl carbamates (subject to hydrolysis) is 1. The molecule has 1 aromatic carbocycles. The molecule has 0 aliphatic rings. The summed E-state index contributed by atoms with van der Waals surface area (Å²) < 4.78 is 12.3. The van der Waals surface area contributed by atoms with Gasteiger partial charge in [0.15, 0.2) is 0 Å². The number of carbonyl (C=O) groups is 2. The molecular formula is C20H29N3O4. The van der Waals surface area contributed by atoms with Crippen molar-refractivity contribution < 1.29 is 19.1 Å². The molecule has 0 spiro atoms. The quantitative estimate of drug-likeness (QED) is 0.774. The molecule has 0 bridgehead atoms. The van der Waals surface area contributed by atoms with E-state index in [1.54, 1.807) is 25.4 Å². The first-order valence-electron chi connectivity index (χ1n) is 9.14. The van der Waals surface area contributed by atoms with Crippen LogP contribution in [0.4, 0.5) is 4.79 Å². The number of aryl methyl sites for hydroxylation is 1. The maximum absolute atomic E-state index is 12.0. The number of nitrogens with zero attached hydrogens (tertiary/aromatic N) is 2. The number of hydrogen-bond acceptors (Lipinski definition) is 5. The Balaban J connectivity index is 2.04. The topological polar surface area (TPSA) is 82.5 Å². The predicted molar refractivity (Wildman–Crippen MR) is 104 cm³/mol. The van der Waals surface area contributed by atoms with Crippen molar-refractivity contribution in [3.05, 3.63) is 30.1 Å². The Kier molecular flexibility index (Phi) is 6.13. The number of imidazole rings is 1. The van der Waals surface area contributed by atoms with E-state index >= 15 is 0 Å². The molecule has 0 saturated carbocycles. The molecule has 2 aromatic rings. The van der Waals surface area contributed by atoms with Crippen molar-refractivity contribution in [3.8, 4) is 0 Å². The molecule has 0 saturated heterocycles. The van der Waals surface area contributed by atoms with Gasteiger partial charge in [-0.3, -0.25) is 0 Å². The van der Waals surface area contributed by atoms with Gasteiger partial charge in [-0.05, 0) is 66.2 Å². The highest BCUT2D eigenvalue weighted by Gasteiger charge is 2.24. The second-order valence-corrected chi connectivity index (χ2v) is 8.12. The number of carbonyl (C=O) groups excluding carboxylic acids is 2. The number of amides is 1. The van der Waals surface area contributed by atoms with E-state index < -0.39 is 17.2 Å². The van der Waals surface area contributed by atoms with Crippen LogP contribution in [0.25, 0.3) is 11.0 Å². The van der Waals surface area contributed by atoms with Crippen molar-refractivity contribution in [3.63, 3.8) is 0 Å². The third kappa shape index (κ3) is 5.98. The van der Waals surface area contributed by atoms with E-state index in [-0.39, 0.29) is 5.97 Å². The minimum absolute atomic E-state index is 0.338. The Morgan fingerprint density at radius 1 is 1.19 bits per heavy atom. The summed E-state index contributed by atoms with van der Waals surface area (Å²) in [6.07, 6.45) is 2.00. The van der Waals surface area contributed by atoms with Crippen LogP contribution in [0.5, 0.6) is 0 Å². The molecule has 0 atom stereocenters. The van der Waals surface area contributed by atoms with Gasteiger partial charge in [-0.15, -0.1) is 0 Å². The van der Waals surface area contributed by atoms with Crippen LogP contribution in [-0.2, 0) is 16.0 Å². The van der Waals surface area contributed by atoms with Crippen LogP contribution >= 0.6 is 0 Å². The van der Waals surface area contributed by atoms with Crippen LogP contribution in [0.3, 0.4) is 0 Å². The van der Waals surface area contributed by atoms with Crippen LogP contribution in [-0.4, -0.2) is 39.4 Å². The third-order valence-electron chi connectivity index (χ3n) is 3.95. The molecule has 0 fully saturated rings. The Morgan fingerprint density at radius 3 is 2.52 bits per heavy atom. The van der Waals surface area contributed by atoms with Gasteiger partial charge < -0.3 is 19.4 Å². The molecule has 0 aliphatic heterocycles. The molecule has 1 N–H and O–H groups in total. The minimum atomic E-state index is -0.530. The van der Waals surface area contributed by atoms with Gasteiger partial charge in [-0.25, -0.2) is 14.6 Å². The molecule has 1 amide bonds. The zero-order valence-corrected chi connectivity index (χ0v) is 17.0. The van der Waals surface area contributed by atoms with E-state index in [1.165, 1.54) is 0 Å². The van der Waals surface area contributed by atoms with Crippen molar-refractivity contribution in [2.24, 2.45) is 0 Å². The van der Waals surface area contributed by atoms with Gasteiger partial charge in [-0.2, -0.15) is 0 Å². The number of aromatic nitrogens is 2. The summed E-state index contributed by atoms with van der Waals surface area (Å²) >= 11 is 0. The van der Waals surface area contributed by atoms with E-state index in [0.29, 0.717) is 25.1 Å². The van der Waals surface area contributed by atoms with Crippen molar-refractivity contribution >= 4 is 23.1 Å². The lowest BCUT2D eigenvalue weighted by atomic mass is 10.0. The average molecular weight is 375 g/mol. The van der Waals surface area contributed by atoms with Crippen LogP contribution in [0.15, 0.2) is 24.5 Å². The standard InChI is InChI=1S/C20H29N3O4/c1-7-26-17(24)14-8-9-16-15(12-14)21-13-23(16)11-10-20(5,6)22-18(25)27-19(2,3)4/h8-9,12-13H,7,10-11H2,1-6H3,(H,22,25). The van der Waals surface area contributed by atoms with Gasteiger partial charge in [0.2, 0.25) is 0 Å². The molecule has 1 heterocycles. The number of rotatable bonds is 6. The third-order valence-corrected chi connectivity index (χ3v) is 3.95. The van der Waals surface area contributed by atoms with E-state index in [0.717, 1.165) is 11.0 Å². The van der Waals surface area contributed by atoms with Crippen molar-refractivity contribution in [2.75, 3.05) is 6.61 Å². The summed E-state index contributed by atoms with van der Waals surface area (Å²) in [4.78, 5) is 28.2. The van der Waals surface area contributed by atoms with Gasteiger partial charge in [0.25, 0.3) is 0 Å². The Labute approximate surface area is 160 Å². The highest BCUT2D eigenvalue weighted by Crippen LogP contribution is 2.19. The van der Waals surface area contributed by atoms with E-state index in [2.05, 4.69) is 10.3 Å². The van der Waals surface area contributed by atoms with E-state index in [1.807, 2.05) is 45.3 Å². The summed E-state index contributed by atoms with van der Waals surface area (Å²) in [5, 5.41) is 2.91. The average Bonchev–Trinajstić information content (AvgIpc) is 2.93. The number of hydrogen-bond donors (Lipinski definition) is 1. The van der Waals surface area contributed by atoms with Crippen molar-refractivity contribution in [2.45, 2.75) is 65.6 Å². The molecule has 0 radical (unpaired) electrons.